The van der Waals surface area contributed by atoms with Gasteiger partial charge in [0.2, 0.25) is 5.91 Å². The van der Waals surface area contributed by atoms with Crippen molar-refractivity contribution < 1.29 is 9.18 Å². The van der Waals surface area contributed by atoms with E-state index in [1.807, 2.05) is 11.9 Å². The number of rotatable bonds is 1. The summed E-state index contributed by atoms with van der Waals surface area (Å²) in [5.74, 6) is -0.0430. The lowest BCUT2D eigenvalue weighted by molar-refractivity contribution is -0.122. The van der Waals surface area contributed by atoms with Gasteiger partial charge in [-0.2, -0.15) is 0 Å². The Morgan fingerprint density at radius 1 is 1.32 bits per heavy atom. The molecule has 4 heteroatoms. The van der Waals surface area contributed by atoms with Crippen molar-refractivity contribution in [2.24, 2.45) is 0 Å². The maximum atomic E-state index is 13.3. The van der Waals surface area contributed by atoms with Crippen LogP contribution in [-0.4, -0.2) is 37.0 Å². The summed E-state index contributed by atoms with van der Waals surface area (Å²) in [4.78, 5) is 16.6. The summed E-state index contributed by atoms with van der Waals surface area (Å²) in [5, 5.41) is 0. The van der Waals surface area contributed by atoms with Gasteiger partial charge in [0.1, 0.15) is 5.82 Å². The fourth-order valence-corrected chi connectivity index (χ4v) is 3.20. The number of fused-ring (bicyclic) bond motifs is 1. The molecule has 0 saturated carbocycles. The Hall–Kier alpha value is -1.42. The molecule has 1 unspecified atom stereocenters. The standard InChI is InChI=1S/C15H19FN2O/c1-17-8-3-5-14(17)15(19)18-9-2-4-11-10-12(16)6-7-13(11)18/h6-7,10,14H,2-5,8-9H2,1H3. The summed E-state index contributed by atoms with van der Waals surface area (Å²) in [7, 11) is 2.01. The van der Waals surface area contributed by atoms with Crippen molar-refractivity contribution in [1.29, 1.82) is 0 Å². The molecule has 0 aliphatic carbocycles. The van der Waals surface area contributed by atoms with Gasteiger partial charge in [0.05, 0.1) is 6.04 Å². The van der Waals surface area contributed by atoms with Crippen LogP contribution < -0.4 is 4.90 Å². The molecular weight excluding hydrogens is 243 g/mol. The van der Waals surface area contributed by atoms with E-state index in [1.54, 1.807) is 12.1 Å². The van der Waals surface area contributed by atoms with Crippen LogP contribution in [0, 0.1) is 5.82 Å². The van der Waals surface area contributed by atoms with E-state index in [0.29, 0.717) is 0 Å². The topological polar surface area (TPSA) is 23.6 Å². The summed E-state index contributed by atoms with van der Waals surface area (Å²) < 4.78 is 13.3. The van der Waals surface area contributed by atoms with Crippen LogP contribution in [0.1, 0.15) is 24.8 Å². The number of benzene rings is 1. The molecule has 3 nitrogen and oxygen atoms in total. The number of likely N-dealkylation sites (N-methyl/N-ethyl adjacent to an activating group) is 1. The molecule has 0 radical (unpaired) electrons. The van der Waals surface area contributed by atoms with E-state index < -0.39 is 0 Å². The quantitative estimate of drug-likeness (QED) is 0.774. The van der Waals surface area contributed by atoms with Crippen LogP contribution in [0.4, 0.5) is 10.1 Å². The van der Waals surface area contributed by atoms with Crippen molar-refractivity contribution in [2.75, 3.05) is 25.0 Å². The van der Waals surface area contributed by atoms with Crippen LogP contribution in [0.5, 0.6) is 0 Å². The number of nitrogens with zero attached hydrogens (tertiary/aromatic N) is 2. The third-order valence-electron chi connectivity index (χ3n) is 4.23. The number of aryl methyl sites for hydroxylation is 1. The molecule has 102 valence electrons. The Kier molecular flexibility index (Phi) is 3.27. The summed E-state index contributed by atoms with van der Waals surface area (Å²) in [6.45, 7) is 1.74. The zero-order valence-electron chi connectivity index (χ0n) is 11.2. The van der Waals surface area contributed by atoms with E-state index in [1.165, 1.54) is 6.07 Å². The largest absolute Gasteiger partial charge is 0.311 e. The molecule has 2 aliphatic rings. The van der Waals surface area contributed by atoms with E-state index >= 15 is 0 Å². The third-order valence-corrected chi connectivity index (χ3v) is 4.23. The van der Waals surface area contributed by atoms with Gasteiger partial charge in [0, 0.05) is 12.2 Å². The van der Waals surface area contributed by atoms with Gasteiger partial charge < -0.3 is 4.90 Å². The summed E-state index contributed by atoms with van der Waals surface area (Å²) >= 11 is 0. The van der Waals surface area contributed by atoms with Crippen LogP contribution in [0.3, 0.4) is 0 Å². The fraction of sp³-hybridized carbons (Fsp3) is 0.533. The molecule has 0 aromatic heterocycles. The zero-order chi connectivity index (χ0) is 13.4. The fourth-order valence-electron chi connectivity index (χ4n) is 3.20. The van der Waals surface area contributed by atoms with Gasteiger partial charge >= 0.3 is 0 Å². The molecule has 1 aromatic carbocycles. The van der Waals surface area contributed by atoms with Crippen molar-refractivity contribution in [3.63, 3.8) is 0 Å². The normalized spacial score (nSPS) is 23.5. The lowest BCUT2D eigenvalue weighted by Gasteiger charge is -2.33. The average Bonchev–Trinajstić information content (AvgIpc) is 2.83. The smallest absolute Gasteiger partial charge is 0.244 e. The Bertz CT molecular complexity index is 503. The maximum Gasteiger partial charge on any atom is 0.244 e. The first-order valence-electron chi connectivity index (χ1n) is 6.97. The first-order chi connectivity index (χ1) is 9.16. The summed E-state index contributed by atoms with van der Waals surface area (Å²) in [6, 6.07) is 4.75. The van der Waals surface area contributed by atoms with E-state index in [0.717, 1.165) is 50.0 Å². The van der Waals surface area contributed by atoms with Crippen LogP contribution in [0.15, 0.2) is 18.2 Å². The number of halogens is 1. The van der Waals surface area contributed by atoms with Crippen molar-refractivity contribution in [2.45, 2.75) is 31.7 Å². The predicted octanol–water partition coefficient (Wildman–Crippen LogP) is 2.20. The highest BCUT2D eigenvalue weighted by molar-refractivity contribution is 5.98. The highest BCUT2D eigenvalue weighted by atomic mass is 19.1. The van der Waals surface area contributed by atoms with Crippen molar-refractivity contribution in [3.8, 4) is 0 Å². The second-order valence-corrected chi connectivity index (χ2v) is 5.51. The van der Waals surface area contributed by atoms with E-state index in [-0.39, 0.29) is 17.8 Å². The molecule has 1 atom stereocenters. The Labute approximate surface area is 113 Å². The minimum atomic E-state index is -0.217. The van der Waals surface area contributed by atoms with Crippen molar-refractivity contribution in [3.05, 3.63) is 29.6 Å². The van der Waals surface area contributed by atoms with Crippen molar-refractivity contribution >= 4 is 11.6 Å². The number of likely N-dealkylation sites (tertiary alicyclic amines) is 1. The molecule has 2 heterocycles. The number of amides is 1. The Morgan fingerprint density at radius 2 is 2.16 bits per heavy atom. The summed E-state index contributed by atoms with van der Waals surface area (Å²) in [6.07, 6.45) is 3.79. The van der Waals surface area contributed by atoms with Gasteiger partial charge in [0.25, 0.3) is 0 Å². The molecule has 0 bridgehead atoms. The van der Waals surface area contributed by atoms with Gasteiger partial charge in [-0.1, -0.05) is 0 Å². The summed E-state index contributed by atoms with van der Waals surface area (Å²) in [5.41, 5.74) is 1.86. The first-order valence-corrected chi connectivity index (χ1v) is 6.97. The lowest BCUT2D eigenvalue weighted by atomic mass is 10.0. The van der Waals surface area contributed by atoms with Gasteiger partial charge in [-0.15, -0.1) is 0 Å². The van der Waals surface area contributed by atoms with Crippen LogP contribution in [-0.2, 0) is 11.2 Å². The number of carbonyl (C=O) groups is 1. The van der Waals surface area contributed by atoms with E-state index in [4.69, 9.17) is 0 Å². The molecule has 2 aliphatic heterocycles. The third kappa shape index (κ3) is 2.25. The van der Waals surface area contributed by atoms with Crippen LogP contribution >= 0.6 is 0 Å². The molecule has 0 N–H and O–H groups in total. The Morgan fingerprint density at radius 3 is 2.89 bits per heavy atom. The highest BCUT2D eigenvalue weighted by Crippen LogP contribution is 2.30. The average molecular weight is 262 g/mol. The molecule has 0 spiro atoms. The highest BCUT2D eigenvalue weighted by Gasteiger charge is 2.33. The van der Waals surface area contributed by atoms with Crippen molar-refractivity contribution in [1.82, 2.24) is 4.90 Å². The monoisotopic (exact) mass is 262 g/mol. The van der Waals surface area contributed by atoms with Crippen LogP contribution in [0.25, 0.3) is 0 Å². The maximum absolute atomic E-state index is 13.3. The van der Waals surface area contributed by atoms with E-state index in [9.17, 15) is 9.18 Å². The second kappa shape index (κ2) is 4.93. The molecule has 1 aromatic rings. The van der Waals surface area contributed by atoms with Gasteiger partial charge in [0.15, 0.2) is 0 Å². The molecule has 19 heavy (non-hydrogen) atoms. The minimum absolute atomic E-state index is 0.00370. The predicted molar refractivity (Wildman–Crippen MR) is 72.7 cm³/mol. The SMILES string of the molecule is CN1CCCC1C(=O)N1CCCc2cc(F)ccc21. The first kappa shape index (κ1) is 12.6. The number of carbonyl (C=O) groups excluding carboxylic acids is 1. The van der Waals surface area contributed by atoms with Crippen LogP contribution in [0.2, 0.25) is 0 Å². The second-order valence-electron chi connectivity index (χ2n) is 5.51. The van der Waals surface area contributed by atoms with Gasteiger partial charge in [-0.25, -0.2) is 4.39 Å². The lowest BCUT2D eigenvalue weighted by Crippen LogP contribution is -2.46. The Balaban J connectivity index is 1.89. The van der Waals surface area contributed by atoms with Gasteiger partial charge in [-0.05, 0) is 63.0 Å². The number of hydrogen-bond donors (Lipinski definition) is 0. The molecule has 3 rings (SSSR count). The molecule has 1 amide bonds. The molecular formula is C15H19FN2O. The minimum Gasteiger partial charge on any atom is -0.311 e. The van der Waals surface area contributed by atoms with Gasteiger partial charge in [-0.3, -0.25) is 9.69 Å². The number of hydrogen-bond acceptors (Lipinski definition) is 2. The zero-order valence-corrected chi connectivity index (χ0v) is 11.2. The molecule has 1 saturated heterocycles. The number of anilines is 1. The molecule has 1 fully saturated rings. The van der Waals surface area contributed by atoms with E-state index in [2.05, 4.69) is 4.90 Å².